The fourth-order valence-electron chi connectivity index (χ4n) is 3.72. The Labute approximate surface area is 119 Å². The van der Waals surface area contributed by atoms with Crippen molar-refractivity contribution in [2.45, 2.75) is 52.6 Å². The molecule has 1 unspecified atom stereocenters. The van der Waals surface area contributed by atoms with E-state index in [-0.39, 0.29) is 0 Å². The molecular weight excluding hydrogens is 234 g/mol. The molecule has 2 saturated heterocycles. The summed E-state index contributed by atoms with van der Waals surface area (Å²) in [4.78, 5) is 7.96. The van der Waals surface area contributed by atoms with Crippen LogP contribution in [-0.4, -0.2) is 72.6 Å². The van der Waals surface area contributed by atoms with E-state index in [0.717, 1.165) is 18.0 Å². The molecule has 2 heterocycles. The first kappa shape index (κ1) is 15.3. The zero-order valence-corrected chi connectivity index (χ0v) is 13.4. The van der Waals surface area contributed by atoms with E-state index in [9.17, 15) is 0 Å². The Kier molecular flexibility index (Phi) is 5.67. The zero-order valence-electron chi connectivity index (χ0n) is 13.4. The van der Waals surface area contributed by atoms with E-state index in [1.165, 1.54) is 58.7 Å². The molecular formula is C16H33N3. The Morgan fingerprint density at radius 1 is 1.05 bits per heavy atom. The smallest absolute Gasteiger partial charge is 0.0195 e. The first-order valence-electron chi connectivity index (χ1n) is 8.30. The molecule has 19 heavy (non-hydrogen) atoms. The Bertz CT molecular complexity index is 259. The molecule has 2 aliphatic rings. The van der Waals surface area contributed by atoms with Gasteiger partial charge in [-0.05, 0) is 59.2 Å². The number of piperidine rings is 1. The summed E-state index contributed by atoms with van der Waals surface area (Å²) in [7, 11) is 0. The fourth-order valence-corrected chi connectivity index (χ4v) is 3.72. The van der Waals surface area contributed by atoms with Gasteiger partial charge in [-0.2, -0.15) is 0 Å². The van der Waals surface area contributed by atoms with Gasteiger partial charge in [0.1, 0.15) is 0 Å². The molecule has 112 valence electrons. The van der Waals surface area contributed by atoms with Crippen LogP contribution < -0.4 is 0 Å². The number of nitrogens with zero attached hydrogens (tertiary/aromatic N) is 3. The van der Waals surface area contributed by atoms with E-state index < -0.39 is 0 Å². The summed E-state index contributed by atoms with van der Waals surface area (Å²) in [5.74, 6) is 0.940. The van der Waals surface area contributed by atoms with Gasteiger partial charge >= 0.3 is 0 Å². The highest BCUT2D eigenvalue weighted by molar-refractivity contribution is 4.82. The third-order valence-corrected chi connectivity index (χ3v) is 5.15. The van der Waals surface area contributed by atoms with Crippen molar-refractivity contribution in [1.82, 2.24) is 14.7 Å². The van der Waals surface area contributed by atoms with Crippen molar-refractivity contribution in [2.24, 2.45) is 5.92 Å². The van der Waals surface area contributed by atoms with Crippen LogP contribution in [0.2, 0.25) is 0 Å². The summed E-state index contributed by atoms with van der Waals surface area (Å²) in [5.41, 5.74) is 0. The lowest BCUT2D eigenvalue weighted by molar-refractivity contribution is 0.0609. The number of likely N-dealkylation sites (tertiary alicyclic amines) is 1. The molecule has 2 aliphatic heterocycles. The zero-order chi connectivity index (χ0) is 13.8. The number of likely N-dealkylation sites (N-methyl/N-ethyl adjacent to an activating group) is 1. The van der Waals surface area contributed by atoms with Crippen LogP contribution in [0.5, 0.6) is 0 Å². The maximum Gasteiger partial charge on any atom is 0.0195 e. The second-order valence-corrected chi connectivity index (χ2v) is 6.81. The number of hydrogen-bond donors (Lipinski definition) is 0. The minimum absolute atomic E-state index is 0.731. The van der Waals surface area contributed by atoms with Gasteiger partial charge in [0.05, 0.1) is 0 Å². The Balaban J connectivity index is 1.71. The maximum absolute atomic E-state index is 2.71. The quantitative estimate of drug-likeness (QED) is 0.772. The molecule has 0 saturated carbocycles. The van der Waals surface area contributed by atoms with Gasteiger partial charge in [-0.15, -0.1) is 0 Å². The summed E-state index contributed by atoms with van der Waals surface area (Å²) in [6, 6.07) is 1.48. The van der Waals surface area contributed by atoms with Gasteiger partial charge in [-0.25, -0.2) is 0 Å². The molecule has 0 aromatic heterocycles. The molecule has 3 nitrogen and oxygen atoms in total. The standard InChI is InChI=1S/C16H33N3/c1-5-18-11-10-17(12-15(18)4)13-16-6-8-19(9-7-16)14(2)3/h14-16H,5-13H2,1-4H3. The molecule has 0 amide bonds. The first-order valence-corrected chi connectivity index (χ1v) is 8.30. The highest BCUT2D eigenvalue weighted by Gasteiger charge is 2.26. The Morgan fingerprint density at radius 2 is 1.74 bits per heavy atom. The summed E-state index contributed by atoms with van der Waals surface area (Å²) in [5, 5.41) is 0. The van der Waals surface area contributed by atoms with Crippen LogP contribution in [0.3, 0.4) is 0 Å². The normalized spacial score (nSPS) is 29.2. The van der Waals surface area contributed by atoms with Crippen molar-refractivity contribution in [3.63, 3.8) is 0 Å². The minimum atomic E-state index is 0.731. The lowest BCUT2D eigenvalue weighted by Gasteiger charge is -2.42. The molecule has 0 aromatic rings. The number of piperazine rings is 1. The van der Waals surface area contributed by atoms with E-state index in [0.29, 0.717) is 0 Å². The predicted molar refractivity (Wildman–Crippen MR) is 82.6 cm³/mol. The lowest BCUT2D eigenvalue weighted by Crippen LogP contribution is -2.53. The van der Waals surface area contributed by atoms with Gasteiger partial charge in [0.2, 0.25) is 0 Å². The van der Waals surface area contributed by atoms with E-state index in [4.69, 9.17) is 0 Å². The summed E-state index contributed by atoms with van der Waals surface area (Å²) < 4.78 is 0. The van der Waals surface area contributed by atoms with Crippen LogP contribution in [-0.2, 0) is 0 Å². The Hall–Kier alpha value is -0.120. The minimum Gasteiger partial charge on any atom is -0.301 e. The third kappa shape index (κ3) is 4.17. The Morgan fingerprint density at radius 3 is 2.26 bits per heavy atom. The van der Waals surface area contributed by atoms with Crippen LogP contribution in [0.4, 0.5) is 0 Å². The highest BCUT2D eigenvalue weighted by Crippen LogP contribution is 2.21. The summed E-state index contributed by atoms with van der Waals surface area (Å²) in [6.07, 6.45) is 2.81. The maximum atomic E-state index is 2.71. The average Bonchev–Trinajstić information content (AvgIpc) is 2.39. The molecule has 0 aromatic carbocycles. The van der Waals surface area contributed by atoms with Crippen LogP contribution in [0.15, 0.2) is 0 Å². The van der Waals surface area contributed by atoms with Crippen LogP contribution >= 0.6 is 0 Å². The summed E-state index contributed by atoms with van der Waals surface area (Å²) in [6.45, 7) is 18.3. The molecule has 0 radical (unpaired) electrons. The van der Waals surface area contributed by atoms with Crippen molar-refractivity contribution >= 4 is 0 Å². The molecule has 0 bridgehead atoms. The molecule has 0 aliphatic carbocycles. The number of hydrogen-bond acceptors (Lipinski definition) is 3. The van der Waals surface area contributed by atoms with Gasteiger partial charge in [-0.1, -0.05) is 6.92 Å². The average molecular weight is 267 g/mol. The molecule has 3 heteroatoms. The topological polar surface area (TPSA) is 9.72 Å². The lowest BCUT2D eigenvalue weighted by atomic mass is 9.95. The van der Waals surface area contributed by atoms with Gasteiger partial charge < -0.3 is 9.80 Å². The van der Waals surface area contributed by atoms with Gasteiger partial charge in [0.15, 0.2) is 0 Å². The van der Waals surface area contributed by atoms with Crippen molar-refractivity contribution < 1.29 is 0 Å². The third-order valence-electron chi connectivity index (χ3n) is 5.15. The fraction of sp³-hybridized carbons (Fsp3) is 1.00. The van der Waals surface area contributed by atoms with Crippen molar-refractivity contribution in [1.29, 1.82) is 0 Å². The molecule has 1 atom stereocenters. The van der Waals surface area contributed by atoms with Crippen LogP contribution in [0.1, 0.15) is 40.5 Å². The largest absolute Gasteiger partial charge is 0.301 e. The second-order valence-electron chi connectivity index (χ2n) is 6.81. The van der Waals surface area contributed by atoms with E-state index in [1.54, 1.807) is 0 Å². The molecule has 0 N–H and O–H groups in total. The van der Waals surface area contributed by atoms with Crippen molar-refractivity contribution in [3.8, 4) is 0 Å². The van der Waals surface area contributed by atoms with E-state index in [1.807, 2.05) is 0 Å². The van der Waals surface area contributed by atoms with Crippen molar-refractivity contribution in [3.05, 3.63) is 0 Å². The monoisotopic (exact) mass is 267 g/mol. The highest BCUT2D eigenvalue weighted by atomic mass is 15.3. The molecule has 2 fully saturated rings. The molecule has 2 rings (SSSR count). The van der Waals surface area contributed by atoms with Crippen LogP contribution in [0, 0.1) is 5.92 Å². The first-order chi connectivity index (χ1) is 9.10. The summed E-state index contributed by atoms with van der Waals surface area (Å²) >= 11 is 0. The van der Waals surface area contributed by atoms with E-state index >= 15 is 0 Å². The van der Waals surface area contributed by atoms with Gasteiger partial charge in [0, 0.05) is 38.3 Å². The molecule has 0 spiro atoms. The predicted octanol–water partition coefficient (Wildman–Crippen LogP) is 2.13. The van der Waals surface area contributed by atoms with Gasteiger partial charge in [-0.3, -0.25) is 4.90 Å². The number of rotatable bonds is 4. The van der Waals surface area contributed by atoms with Crippen LogP contribution in [0.25, 0.3) is 0 Å². The van der Waals surface area contributed by atoms with E-state index in [2.05, 4.69) is 42.4 Å². The van der Waals surface area contributed by atoms with Gasteiger partial charge in [0.25, 0.3) is 0 Å². The second kappa shape index (κ2) is 7.05. The van der Waals surface area contributed by atoms with Crippen molar-refractivity contribution in [2.75, 3.05) is 45.8 Å². The SMILES string of the molecule is CCN1CCN(CC2CCN(C(C)C)CC2)CC1C.